The number of aromatic nitrogens is 2. The summed E-state index contributed by atoms with van der Waals surface area (Å²) >= 11 is 0. The molecule has 0 fully saturated rings. The van der Waals surface area contributed by atoms with E-state index in [0.717, 1.165) is 12.3 Å². The molecule has 0 saturated heterocycles. The lowest BCUT2D eigenvalue weighted by molar-refractivity contribution is -0.141. The number of hydrogen-bond donors (Lipinski definition) is 1. The molecule has 1 aromatic rings. The number of aromatic amines is 1. The molecule has 1 aromatic heterocycles. The van der Waals surface area contributed by atoms with E-state index in [1.165, 1.54) is 0 Å². The number of halogens is 3. The average molecular weight is 138 g/mol. The maximum absolute atomic E-state index is 11.5. The van der Waals surface area contributed by atoms with Crippen LogP contribution < -0.4 is 0 Å². The van der Waals surface area contributed by atoms with Gasteiger partial charge in [0.25, 0.3) is 0 Å². The molecule has 0 atom stereocenters. The van der Waals surface area contributed by atoms with Crippen LogP contribution in [0.4, 0.5) is 13.2 Å². The van der Waals surface area contributed by atoms with Gasteiger partial charge in [0.05, 0.1) is 0 Å². The fourth-order valence-corrected chi connectivity index (χ4v) is 0.414. The van der Waals surface area contributed by atoms with Gasteiger partial charge >= 0.3 is 6.18 Å². The number of nitrogens with zero attached hydrogens (tertiary/aromatic N) is 1. The zero-order chi connectivity index (χ0) is 6.91. The van der Waals surface area contributed by atoms with E-state index < -0.39 is 11.9 Å². The first-order valence-corrected chi connectivity index (χ1v) is 2.17. The molecule has 0 aliphatic carbocycles. The molecule has 1 N–H and O–H groups in total. The summed E-state index contributed by atoms with van der Waals surface area (Å²) in [4.78, 5) is 0. The van der Waals surface area contributed by atoms with E-state index in [1.54, 1.807) is 5.10 Å². The summed E-state index contributed by atoms with van der Waals surface area (Å²) in [6.07, 6.45) is -3.24. The molecule has 0 aliphatic heterocycles. The van der Waals surface area contributed by atoms with E-state index >= 15 is 0 Å². The van der Waals surface area contributed by atoms with Crippen molar-refractivity contribution in [2.45, 2.75) is 6.18 Å². The largest absolute Gasteiger partial charge is 0.432 e. The van der Waals surface area contributed by atoms with Crippen LogP contribution in [0, 0.1) is 0 Å². The molecule has 9 heavy (non-hydrogen) atoms. The Hall–Kier alpha value is -1.00. The van der Waals surface area contributed by atoms with E-state index in [0.29, 0.717) is 0 Å². The molecule has 0 bridgehead atoms. The van der Waals surface area contributed by atoms with Crippen LogP contribution in [0.5, 0.6) is 0 Å². The van der Waals surface area contributed by atoms with Crippen molar-refractivity contribution in [1.82, 2.24) is 10.2 Å². The van der Waals surface area contributed by atoms with Gasteiger partial charge in [0.1, 0.15) is 5.69 Å². The van der Waals surface area contributed by atoms with Gasteiger partial charge in [0, 0.05) is 7.62 Å². The first kappa shape index (κ1) is 6.12. The Balaban J connectivity index is 0.000000810. The van der Waals surface area contributed by atoms with Gasteiger partial charge in [-0.15, -0.1) is 0 Å². The minimum Gasteiger partial charge on any atom is -0.274 e. The molecule has 0 radical (unpaired) electrons. The maximum Gasteiger partial charge on any atom is 0.432 e. The van der Waals surface area contributed by atoms with Crippen molar-refractivity contribution in [3.63, 3.8) is 0 Å². The molecular weight excluding hydrogens is 133 g/mol. The Labute approximate surface area is 50.2 Å². The Morgan fingerprint density at radius 2 is 2.22 bits per heavy atom. The number of nitrogens with one attached hydrogen (secondary N) is 1. The molecule has 0 unspecified atom stereocenters. The molecule has 1 rings (SSSR count). The van der Waals surface area contributed by atoms with Crippen molar-refractivity contribution >= 4 is 0 Å². The highest BCUT2D eigenvalue weighted by atomic mass is 19.4. The van der Waals surface area contributed by atoms with Crippen molar-refractivity contribution in [1.29, 1.82) is 0 Å². The van der Waals surface area contributed by atoms with Crippen LogP contribution in [-0.4, -0.2) is 10.2 Å². The lowest BCUT2D eigenvalue weighted by Gasteiger charge is -1.99. The molecule has 2 nitrogen and oxygen atoms in total. The zero-order valence-electron chi connectivity index (χ0n) is 4.24. The van der Waals surface area contributed by atoms with Crippen LogP contribution in [0.15, 0.2) is 12.3 Å². The predicted molar refractivity (Wildman–Crippen MR) is 25.7 cm³/mol. The lowest BCUT2D eigenvalue weighted by Crippen LogP contribution is -2.04. The third-order valence-corrected chi connectivity index (χ3v) is 0.806. The summed E-state index contributed by atoms with van der Waals surface area (Å²) in [5, 5.41) is 4.95. The molecule has 0 aromatic carbocycles. The fraction of sp³-hybridized carbons (Fsp3) is 0.250. The monoisotopic (exact) mass is 138 g/mol. The van der Waals surface area contributed by atoms with Crippen molar-refractivity contribution in [3.8, 4) is 0 Å². The van der Waals surface area contributed by atoms with E-state index in [9.17, 15) is 13.2 Å². The van der Waals surface area contributed by atoms with Crippen molar-refractivity contribution in [2.75, 3.05) is 0 Å². The molecule has 0 spiro atoms. The van der Waals surface area contributed by atoms with E-state index in [1.807, 2.05) is 0 Å². The van der Waals surface area contributed by atoms with Crippen LogP contribution in [0.2, 0.25) is 0 Å². The zero-order valence-corrected chi connectivity index (χ0v) is 4.24. The minimum atomic E-state index is -4.30. The van der Waals surface area contributed by atoms with E-state index in [-0.39, 0.29) is 1.43 Å². The summed E-state index contributed by atoms with van der Waals surface area (Å²) in [5.74, 6) is 0. The van der Waals surface area contributed by atoms with Crippen LogP contribution >= 0.6 is 0 Å². The summed E-state index contributed by atoms with van der Waals surface area (Å²) in [6, 6.07) is 0.875. The molecule has 1 heterocycles. The van der Waals surface area contributed by atoms with Gasteiger partial charge in [-0.2, -0.15) is 18.3 Å². The van der Waals surface area contributed by atoms with Crippen molar-refractivity contribution in [2.24, 2.45) is 0 Å². The summed E-state index contributed by atoms with van der Waals surface area (Å²) < 4.78 is 34.6. The Bertz CT molecular complexity index is 181. The van der Waals surface area contributed by atoms with Gasteiger partial charge in [-0.25, -0.2) is 0 Å². The maximum atomic E-state index is 11.5. The van der Waals surface area contributed by atoms with Crippen molar-refractivity contribution in [3.05, 3.63) is 18.0 Å². The molecular formula is C4H5F3N2. The van der Waals surface area contributed by atoms with Crippen LogP contribution in [0.3, 0.4) is 0 Å². The second kappa shape index (κ2) is 1.75. The van der Waals surface area contributed by atoms with Crippen LogP contribution in [-0.2, 0) is 6.18 Å². The quantitative estimate of drug-likeness (QED) is 0.580. The highest BCUT2D eigenvalue weighted by Crippen LogP contribution is 2.26. The molecule has 52 valence electrons. The molecule has 0 amide bonds. The van der Waals surface area contributed by atoms with Gasteiger partial charge in [-0.1, -0.05) is 0 Å². The van der Waals surface area contributed by atoms with Gasteiger partial charge in [0.2, 0.25) is 0 Å². The average Bonchev–Trinajstić information content (AvgIpc) is 2.08. The molecule has 5 heteroatoms. The first-order chi connectivity index (χ1) is 4.11. The Kier molecular flexibility index (Phi) is 1.19. The number of hydrogen-bond acceptors (Lipinski definition) is 1. The predicted octanol–water partition coefficient (Wildman–Crippen LogP) is 1.67. The Morgan fingerprint density at radius 1 is 1.56 bits per heavy atom. The standard InChI is InChI=1S/C4H3F3N2.H2/c5-4(6,7)3-1-2-8-9-3;/h1-2H,(H,8,9);1H. The van der Waals surface area contributed by atoms with E-state index in [2.05, 4.69) is 5.10 Å². The number of rotatable bonds is 0. The van der Waals surface area contributed by atoms with Crippen LogP contribution in [0.25, 0.3) is 0 Å². The smallest absolute Gasteiger partial charge is 0.274 e. The summed E-state index contributed by atoms with van der Waals surface area (Å²) in [6.45, 7) is 0. The van der Waals surface area contributed by atoms with E-state index in [4.69, 9.17) is 0 Å². The molecule has 0 aliphatic rings. The van der Waals surface area contributed by atoms with Gasteiger partial charge in [-0.05, 0) is 6.07 Å². The fourth-order valence-electron chi connectivity index (χ4n) is 0.414. The second-order valence-corrected chi connectivity index (χ2v) is 1.47. The lowest BCUT2D eigenvalue weighted by atomic mass is 10.4. The Morgan fingerprint density at radius 3 is 2.44 bits per heavy atom. The molecule has 0 saturated carbocycles. The summed E-state index contributed by atoms with van der Waals surface area (Å²) in [5.41, 5.74) is -0.817. The van der Waals surface area contributed by atoms with Crippen LogP contribution in [0.1, 0.15) is 7.12 Å². The van der Waals surface area contributed by atoms with Gasteiger partial charge in [0.15, 0.2) is 0 Å². The summed E-state index contributed by atoms with van der Waals surface area (Å²) in [7, 11) is 0. The highest BCUT2D eigenvalue weighted by Gasteiger charge is 2.31. The van der Waals surface area contributed by atoms with Gasteiger partial charge in [-0.3, -0.25) is 5.10 Å². The minimum absolute atomic E-state index is 0. The normalized spacial score (nSPS) is 11.9. The second-order valence-electron chi connectivity index (χ2n) is 1.47. The number of H-pyrrole nitrogens is 1. The first-order valence-electron chi connectivity index (χ1n) is 2.17. The SMILES string of the molecule is FC(F)(F)c1ccn[nH]1.[HH]. The third kappa shape index (κ3) is 1.22. The topological polar surface area (TPSA) is 28.7 Å². The highest BCUT2D eigenvalue weighted by molar-refractivity contribution is 5.01. The van der Waals surface area contributed by atoms with Gasteiger partial charge < -0.3 is 0 Å². The number of alkyl halides is 3. The van der Waals surface area contributed by atoms with Crippen molar-refractivity contribution < 1.29 is 14.6 Å². The third-order valence-electron chi connectivity index (χ3n) is 0.806.